The lowest BCUT2D eigenvalue weighted by Crippen LogP contribution is -2.68. The van der Waals surface area contributed by atoms with Gasteiger partial charge in [0, 0.05) is 12.6 Å². The summed E-state index contributed by atoms with van der Waals surface area (Å²) in [5.74, 6) is 1.45. The minimum absolute atomic E-state index is 0.136. The van der Waals surface area contributed by atoms with E-state index < -0.39 is 0 Å². The highest BCUT2D eigenvalue weighted by Crippen LogP contribution is 2.42. The summed E-state index contributed by atoms with van der Waals surface area (Å²) in [6.07, 6.45) is 0. The molecular weight excluding hydrogens is 174 g/mol. The lowest BCUT2D eigenvalue weighted by Gasteiger charge is -2.55. The molecule has 1 unspecified atom stereocenters. The molecule has 0 aromatic heterocycles. The molecule has 1 amide bonds. The molecule has 1 saturated heterocycles. The van der Waals surface area contributed by atoms with Crippen molar-refractivity contribution in [3.63, 3.8) is 0 Å². The van der Waals surface area contributed by atoms with Crippen molar-refractivity contribution in [3.05, 3.63) is 0 Å². The van der Waals surface area contributed by atoms with Crippen molar-refractivity contribution in [1.82, 2.24) is 4.90 Å². The van der Waals surface area contributed by atoms with Gasteiger partial charge in [-0.3, -0.25) is 4.79 Å². The first kappa shape index (κ1) is 11.5. The van der Waals surface area contributed by atoms with Crippen LogP contribution in [0.15, 0.2) is 0 Å². The molecule has 82 valence electrons. The van der Waals surface area contributed by atoms with Crippen LogP contribution in [-0.2, 0) is 4.79 Å². The number of carbonyl (C=O) groups is 1. The molecule has 0 radical (unpaired) electrons. The molecule has 0 N–H and O–H groups in total. The van der Waals surface area contributed by atoms with Gasteiger partial charge < -0.3 is 4.90 Å². The van der Waals surface area contributed by atoms with Crippen LogP contribution in [0.2, 0.25) is 0 Å². The lowest BCUT2D eigenvalue weighted by molar-refractivity contribution is -0.173. The Morgan fingerprint density at radius 1 is 1.29 bits per heavy atom. The molecular formula is C12H23NO. The van der Waals surface area contributed by atoms with E-state index in [0.29, 0.717) is 23.8 Å². The second-order valence-electron chi connectivity index (χ2n) is 5.76. The second kappa shape index (κ2) is 3.56. The predicted molar refractivity (Wildman–Crippen MR) is 59.0 cm³/mol. The summed E-state index contributed by atoms with van der Waals surface area (Å²) in [4.78, 5) is 13.9. The molecule has 1 aliphatic heterocycles. The smallest absolute Gasteiger partial charge is 0.230 e. The Morgan fingerprint density at radius 3 is 2.14 bits per heavy atom. The maximum absolute atomic E-state index is 11.9. The first-order valence-electron chi connectivity index (χ1n) is 5.59. The number of likely N-dealkylation sites (tertiary alicyclic amines) is 1. The average Bonchev–Trinajstić information content (AvgIpc) is 2.00. The number of β-lactam (4-membered cyclic amide) rings is 1. The molecule has 1 heterocycles. The van der Waals surface area contributed by atoms with E-state index in [1.807, 2.05) is 0 Å². The highest BCUT2D eigenvalue weighted by atomic mass is 16.2. The van der Waals surface area contributed by atoms with Gasteiger partial charge in [-0.1, -0.05) is 27.7 Å². The van der Waals surface area contributed by atoms with Crippen molar-refractivity contribution < 1.29 is 4.79 Å². The minimum atomic E-state index is -0.136. The first-order valence-corrected chi connectivity index (χ1v) is 5.59. The maximum atomic E-state index is 11.9. The largest absolute Gasteiger partial charge is 0.338 e. The van der Waals surface area contributed by atoms with E-state index in [4.69, 9.17) is 0 Å². The van der Waals surface area contributed by atoms with Crippen molar-refractivity contribution in [2.75, 3.05) is 6.54 Å². The van der Waals surface area contributed by atoms with E-state index in [-0.39, 0.29) is 5.41 Å². The molecule has 1 rings (SSSR count). The first-order chi connectivity index (χ1) is 6.28. The summed E-state index contributed by atoms with van der Waals surface area (Å²) < 4.78 is 0. The van der Waals surface area contributed by atoms with Crippen LogP contribution in [0.5, 0.6) is 0 Å². The van der Waals surface area contributed by atoms with Crippen LogP contribution in [0.3, 0.4) is 0 Å². The number of rotatable bonds is 3. The van der Waals surface area contributed by atoms with E-state index in [9.17, 15) is 4.79 Å². The Bertz CT molecular complexity index is 230. The van der Waals surface area contributed by atoms with Crippen molar-refractivity contribution in [1.29, 1.82) is 0 Å². The van der Waals surface area contributed by atoms with Crippen LogP contribution < -0.4 is 0 Å². The SMILES string of the molecule is CC(C)CN1C(=O)C(C)(C)C1C(C)C. The van der Waals surface area contributed by atoms with Gasteiger partial charge in [-0.15, -0.1) is 0 Å². The summed E-state index contributed by atoms with van der Waals surface area (Å²) in [7, 11) is 0. The van der Waals surface area contributed by atoms with Crippen molar-refractivity contribution in [2.45, 2.75) is 47.6 Å². The normalized spacial score (nSPS) is 25.9. The van der Waals surface area contributed by atoms with Crippen LogP contribution in [0.1, 0.15) is 41.5 Å². The van der Waals surface area contributed by atoms with Gasteiger partial charge in [-0.05, 0) is 25.7 Å². The average molecular weight is 197 g/mol. The topological polar surface area (TPSA) is 20.3 Å². The van der Waals surface area contributed by atoms with Crippen LogP contribution in [0, 0.1) is 17.3 Å². The summed E-state index contributed by atoms with van der Waals surface area (Å²) in [5.41, 5.74) is -0.136. The Hall–Kier alpha value is -0.530. The fourth-order valence-corrected chi connectivity index (χ4v) is 2.73. The fourth-order valence-electron chi connectivity index (χ4n) is 2.73. The van der Waals surface area contributed by atoms with E-state index in [1.165, 1.54) is 0 Å². The van der Waals surface area contributed by atoms with Crippen molar-refractivity contribution in [3.8, 4) is 0 Å². The van der Waals surface area contributed by atoms with Gasteiger partial charge in [-0.2, -0.15) is 0 Å². The minimum Gasteiger partial charge on any atom is -0.338 e. The predicted octanol–water partition coefficient (Wildman–Crippen LogP) is 2.54. The number of hydrogen-bond donors (Lipinski definition) is 0. The lowest BCUT2D eigenvalue weighted by atomic mass is 9.69. The van der Waals surface area contributed by atoms with Crippen LogP contribution in [0.4, 0.5) is 0 Å². The molecule has 0 aromatic carbocycles. The Kier molecular flexibility index (Phi) is 2.93. The molecule has 1 fully saturated rings. The van der Waals surface area contributed by atoms with Gasteiger partial charge in [0.2, 0.25) is 5.91 Å². The number of nitrogens with zero attached hydrogens (tertiary/aromatic N) is 1. The van der Waals surface area contributed by atoms with Gasteiger partial charge in [0.15, 0.2) is 0 Å². The molecule has 0 spiro atoms. The number of carbonyl (C=O) groups excluding carboxylic acids is 1. The maximum Gasteiger partial charge on any atom is 0.230 e. The molecule has 0 aromatic rings. The standard InChI is InChI=1S/C12H23NO/c1-8(2)7-13-10(9(3)4)12(5,6)11(13)14/h8-10H,7H2,1-6H3. The molecule has 2 heteroatoms. The third-order valence-electron chi connectivity index (χ3n) is 3.08. The Labute approximate surface area is 87.7 Å². The molecule has 2 nitrogen and oxygen atoms in total. The van der Waals surface area contributed by atoms with Crippen LogP contribution in [0.25, 0.3) is 0 Å². The second-order valence-corrected chi connectivity index (χ2v) is 5.76. The van der Waals surface area contributed by atoms with Crippen molar-refractivity contribution >= 4 is 5.91 Å². The van der Waals surface area contributed by atoms with E-state index >= 15 is 0 Å². The zero-order valence-electron chi connectivity index (χ0n) is 10.3. The highest BCUT2D eigenvalue weighted by Gasteiger charge is 2.54. The third-order valence-corrected chi connectivity index (χ3v) is 3.08. The van der Waals surface area contributed by atoms with E-state index in [2.05, 4.69) is 46.4 Å². The summed E-state index contributed by atoms with van der Waals surface area (Å²) in [5, 5.41) is 0. The summed E-state index contributed by atoms with van der Waals surface area (Å²) >= 11 is 0. The van der Waals surface area contributed by atoms with Gasteiger partial charge in [0.25, 0.3) is 0 Å². The van der Waals surface area contributed by atoms with Crippen molar-refractivity contribution in [2.24, 2.45) is 17.3 Å². The van der Waals surface area contributed by atoms with Gasteiger partial charge >= 0.3 is 0 Å². The molecule has 1 atom stereocenters. The molecule has 0 bridgehead atoms. The van der Waals surface area contributed by atoms with Gasteiger partial charge in [0.05, 0.1) is 5.41 Å². The molecule has 1 aliphatic rings. The van der Waals surface area contributed by atoms with Crippen LogP contribution >= 0.6 is 0 Å². The Morgan fingerprint density at radius 2 is 1.79 bits per heavy atom. The van der Waals surface area contributed by atoms with Crippen LogP contribution in [-0.4, -0.2) is 23.4 Å². The zero-order chi connectivity index (χ0) is 11.1. The zero-order valence-corrected chi connectivity index (χ0v) is 10.3. The molecule has 0 saturated carbocycles. The number of hydrogen-bond acceptors (Lipinski definition) is 1. The van der Waals surface area contributed by atoms with E-state index in [1.54, 1.807) is 0 Å². The van der Waals surface area contributed by atoms with Gasteiger partial charge in [-0.25, -0.2) is 0 Å². The molecule has 14 heavy (non-hydrogen) atoms. The molecule has 0 aliphatic carbocycles. The summed E-state index contributed by atoms with van der Waals surface area (Å²) in [6.45, 7) is 13.8. The quantitative estimate of drug-likeness (QED) is 0.637. The highest BCUT2D eigenvalue weighted by molar-refractivity contribution is 5.89. The third kappa shape index (κ3) is 1.67. The Balaban J connectivity index is 2.73. The number of amides is 1. The van der Waals surface area contributed by atoms with Gasteiger partial charge in [0.1, 0.15) is 0 Å². The fraction of sp³-hybridized carbons (Fsp3) is 0.917. The monoisotopic (exact) mass is 197 g/mol. The summed E-state index contributed by atoms with van der Waals surface area (Å²) in [6, 6.07) is 0.428. The van der Waals surface area contributed by atoms with E-state index in [0.717, 1.165) is 6.54 Å².